The van der Waals surface area contributed by atoms with Gasteiger partial charge >= 0.3 is 0 Å². The molecule has 2 N–H and O–H groups in total. The minimum Gasteiger partial charge on any atom is -0.367 e. The Morgan fingerprint density at radius 3 is 2.92 bits per heavy atom. The van der Waals surface area contributed by atoms with Crippen molar-refractivity contribution in [2.45, 2.75) is 6.10 Å². The molecule has 24 heavy (non-hydrogen) atoms. The molecule has 7 heteroatoms. The fourth-order valence-corrected chi connectivity index (χ4v) is 3.85. The zero-order valence-electron chi connectivity index (χ0n) is 12.9. The molecular formula is C17H16N4O2S. The number of nitrogens with zero attached hydrogens (tertiary/aromatic N) is 3. The smallest absolute Gasteiger partial charge is 0.248 e. The van der Waals surface area contributed by atoms with E-state index in [0.29, 0.717) is 19.7 Å². The van der Waals surface area contributed by atoms with Crippen molar-refractivity contribution in [1.82, 2.24) is 9.97 Å². The van der Waals surface area contributed by atoms with Crippen LogP contribution >= 0.6 is 11.3 Å². The summed E-state index contributed by atoms with van der Waals surface area (Å²) in [6.45, 7) is 1.54. The predicted molar refractivity (Wildman–Crippen MR) is 94.0 cm³/mol. The number of thiophene rings is 1. The van der Waals surface area contributed by atoms with Crippen molar-refractivity contribution in [3.05, 3.63) is 42.7 Å². The van der Waals surface area contributed by atoms with Gasteiger partial charge in [0.25, 0.3) is 0 Å². The van der Waals surface area contributed by atoms with Crippen LogP contribution < -0.4 is 10.6 Å². The van der Waals surface area contributed by atoms with Crippen LogP contribution in [-0.2, 0) is 9.53 Å². The maximum Gasteiger partial charge on any atom is 0.248 e. The maximum absolute atomic E-state index is 11.4. The van der Waals surface area contributed by atoms with Gasteiger partial charge in [0.2, 0.25) is 5.91 Å². The molecule has 0 aliphatic carbocycles. The fraction of sp³-hybridized carbons (Fsp3) is 0.235. The number of primary amides is 1. The van der Waals surface area contributed by atoms with Gasteiger partial charge in [-0.25, -0.2) is 9.97 Å². The number of hydrogen-bond acceptors (Lipinski definition) is 6. The minimum absolute atomic E-state index is 0.415. The van der Waals surface area contributed by atoms with E-state index in [1.807, 2.05) is 23.1 Å². The zero-order valence-corrected chi connectivity index (χ0v) is 13.7. The first-order chi connectivity index (χ1) is 11.7. The molecular weight excluding hydrogens is 324 g/mol. The third kappa shape index (κ3) is 2.72. The van der Waals surface area contributed by atoms with E-state index < -0.39 is 12.0 Å². The summed E-state index contributed by atoms with van der Waals surface area (Å²) in [5.74, 6) is 0.383. The molecule has 1 aromatic carbocycles. The molecule has 2 aromatic heterocycles. The predicted octanol–water partition coefficient (Wildman–Crippen LogP) is 2.05. The van der Waals surface area contributed by atoms with Crippen LogP contribution in [0.3, 0.4) is 0 Å². The van der Waals surface area contributed by atoms with Crippen LogP contribution in [0.15, 0.2) is 42.7 Å². The van der Waals surface area contributed by atoms with Crippen molar-refractivity contribution < 1.29 is 9.53 Å². The van der Waals surface area contributed by atoms with Gasteiger partial charge in [-0.1, -0.05) is 30.3 Å². The van der Waals surface area contributed by atoms with Crippen molar-refractivity contribution in [3.63, 3.8) is 0 Å². The Morgan fingerprint density at radius 1 is 1.29 bits per heavy atom. The topological polar surface area (TPSA) is 81.3 Å². The number of carbonyl (C=O) groups is 1. The number of hydrogen-bond donors (Lipinski definition) is 1. The Morgan fingerprint density at radius 2 is 2.12 bits per heavy atom. The minimum atomic E-state index is -0.601. The van der Waals surface area contributed by atoms with Gasteiger partial charge in [0, 0.05) is 11.4 Å². The number of carbonyl (C=O) groups excluding carboxylic acids is 1. The SMILES string of the molecule is NC(=O)C1CN(c2ncnc3sc(-c4ccccc4)cc23)CCO1. The number of amides is 1. The largest absolute Gasteiger partial charge is 0.367 e. The summed E-state index contributed by atoms with van der Waals surface area (Å²) in [5.41, 5.74) is 6.53. The van der Waals surface area contributed by atoms with E-state index in [1.165, 1.54) is 0 Å². The molecule has 1 aliphatic rings. The first-order valence-corrected chi connectivity index (χ1v) is 8.50. The summed E-state index contributed by atoms with van der Waals surface area (Å²) in [5, 5.41) is 0.992. The van der Waals surface area contributed by atoms with Crippen LogP contribution in [0, 0.1) is 0 Å². The van der Waals surface area contributed by atoms with Gasteiger partial charge in [-0.15, -0.1) is 11.3 Å². The first-order valence-electron chi connectivity index (χ1n) is 7.68. The quantitative estimate of drug-likeness (QED) is 0.789. The summed E-state index contributed by atoms with van der Waals surface area (Å²) in [6, 6.07) is 12.3. The molecule has 6 nitrogen and oxygen atoms in total. The number of nitrogens with two attached hydrogens (primary N) is 1. The highest BCUT2D eigenvalue weighted by Gasteiger charge is 2.27. The molecule has 1 unspecified atom stereocenters. The van der Waals surface area contributed by atoms with Crippen LogP contribution in [0.25, 0.3) is 20.7 Å². The number of anilines is 1. The third-order valence-corrected chi connectivity index (χ3v) is 5.14. The highest BCUT2D eigenvalue weighted by atomic mass is 32.1. The Kier molecular flexibility index (Phi) is 3.87. The third-order valence-electron chi connectivity index (χ3n) is 4.05. The van der Waals surface area contributed by atoms with Crippen LogP contribution in [0.2, 0.25) is 0 Å². The van der Waals surface area contributed by atoms with Crippen molar-refractivity contribution in [2.24, 2.45) is 5.73 Å². The molecule has 1 atom stereocenters. The highest BCUT2D eigenvalue weighted by molar-refractivity contribution is 7.21. The van der Waals surface area contributed by atoms with Gasteiger partial charge < -0.3 is 15.4 Å². The molecule has 4 rings (SSSR count). The molecule has 1 aliphatic heterocycles. The van der Waals surface area contributed by atoms with Crippen LogP contribution in [0.4, 0.5) is 5.82 Å². The Hall–Kier alpha value is -2.51. The van der Waals surface area contributed by atoms with Gasteiger partial charge in [-0.2, -0.15) is 0 Å². The maximum atomic E-state index is 11.4. The molecule has 3 heterocycles. The molecule has 3 aromatic rings. The molecule has 1 saturated heterocycles. The second kappa shape index (κ2) is 6.18. The molecule has 0 bridgehead atoms. The Bertz CT molecular complexity index is 881. The summed E-state index contributed by atoms with van der Waals surface area (Å²) in [7, 11) is 0. The van der Waals surface area contributed by atoms with Crippen LogP contribution in [0.1, 0.15) is 0 Å². The van der Waals surface area contributed by atoms with Gasteiger partial charge in [0.05, 0.1) is 18.5 Å². The van der Waals surface area contributed by atoms with E-state index in [2.05, 4.69) is 28.2 Å². The number of morpholine rings is 1. The van der Waals surface area contributed by atoms with E-state index in [9.17, 15) is 4.79 Å². The highest BCUT2D eigenvalue weighted by Crippen LogP contribution is 2.36. The van der Waals surface area contributed by atoms with Gasteiger partial charge in [-0.05, 0) is 11.6 Å². The molecule has 1 amide bonds. The molecule has 0 radical (unpaired) electrons. The second-order valence-corrected chi connectivity index (χ2v) is 6.63. The number of ether oxygens (including phenoxy) is 1. The first kappa shape index (κ1) is 15.0. The lowest BCUT2D eigenvalue weighted by Gasteiger charge is -2.32. The Labute approximate surface area is 142 Å². The number of benzene rings is 1. The standard InChI is InChI=1S/C17H16N4O2S/c18-15(22)13-9-21(6-7-23-13)16-12-8-14(11-4-2-1-3-5-11)24-17(12)20-10-19-16/h1-5,8,10,13H,6-7,9H2,(H2,18,22). The fourth-order valence-electron chi connectivity index (χ4n) is 2.85. The molecule has 0 spiro atoms. The van der Waals surface area contributed by atoms with Gasteiger partial charge in [0.1, 0.15) is 17.0 Å². The van der Waals surface area contributed by atoms with Crippen molar-refractivity contribution >= 4 is 33.3 Å². The summed E-state index contributed by atoms with van der Waals surface area (Å²) in [6.07, 6.45) is 0.966. The lowest BCUT2D eigenvalue weighted by atomic mass is 10.2. The van der Waals surface area contributed by atoms with Crippen LogP contribution in [-0.4, -0.2) is 41.7 Å². The van der Waals surface area contributed by atoms with E-state index in [-0.39, 0.29) is 0 Å². The molecule has 1 fully saturated rings. The van der Waals surface area contributed by atoms with Crippen molar-refractivity contribution in [1.29, 1.82) is 0 Å². The van der Waals surface area contributed by atoms with Crippen molar-refractivity contribution in [2.75, 3.05) is 24.6 Å². The summed E-state index contributed by atoms with van der Waals surface area (Å²) >= 11 is 1.63. The van der Waals surface area contributed by atoms with Crippen LogP contribution in [0.5, 0.6) is 0 Å². The van der Waals surface area contributed by atoms with Gasteiger partial charge in [-0.3, -0.25) is 4.79 Å². The number of fused-ring (bicyclic) bond motifs is 1. The zero-order chi connectivity index (χ0) is 16.5. The molecule has 0 saturated carbocycles. The Balaban J connectivity index is 1.74. The second-order valence-electron chi connectivity index (χ2n) is 5.60. The monoisotopic (exact) mass is 340 g/mol. The molecule has 122 valence electrons. The van der Waals surface area contributed by atoms with E-state index in [1.54, 1.807) is 17.7 Å². The lowest BCUT2D eigenvalue weighted by Crippen LogP contribution is -2.48. The summed E-state index contributed by atoms with van der Waals surface area (Å²) < 4.78 is 5.42. The normalized spacial score (nSPS) is 18.0. The van der Waals surface area contributed by atoms with E-state index >= 15 is 0 Å². The van der Waals surface area contributed by atoms with E-state index in [4.69, 9.17) is 10.5 Å². The lowest BCUT2D eigenvalue weighted by molar-refractivity contribution is -0.130. The number of rotatable bonds is 3. The van der Waals surface area contributed by atoms with Gasteiger partial charge in [0.15, 0.2) is 6.10 Å². The summed E-state index contributed by atoms with van der Waals surface area (Å²) in [4.78, 5) is 24.4. The van der Waals surface area contributed by atoms with E-state index in [0.717, 1.165) is 26.5 Å². The number of aromatic nitrogens is 2. The van der Waals surface area contributed by atoms with Crippen molar-refractivity contribution in [3.8, 4) is 10.4 Å². The average Bonchev–Trinajstić information content (AvgIpc) is 3.07. The average molecular weight is 340 g/mol.